The van der Waals surface area contributed by atoms with Crippen LogP contribution in [0.5, 0.6) is 0 Å². The molecular formula is C15H25N3O. The fraction of sp³-hybridized carbons (Fsp3) is 0.733. The van der Waals surface area contributed by atoms with Gasteiger partial charge in [0.25, 0.3) is 0 Å². The van der Waals surface area contributed by atoms with Crippen LogP contribution in [0.1, 0.15) is 58.2 Å². The van der Waals surface area contributed by atoms with Gasteiger partial charge in [0.05, 0.1) is 11.7 Å². The van der Waals surface area contributed by atoms with Crippen LogP contribution in [0.15, 0.2) is 12.3 Å². The number of carbonyl (C=O) groups excluding carboxylic acids is 1. The quantitative estimate of drug-likeness (QED) is 0.820. The number of carbonyl (C=O) groups is 1. The minimum atomic E-state index is 0.0995. The second-order valence-corrected chi connectivity index (χ2v) is 5.64. The zero-order chi connectivity index (χ0) is 13.8. The van der Waals surface area contributed by atoms with Crippen molar-refractivity contribution in [2.24, 2.45) is 0 Å². The highest BCUT2D eigenvalue weighted by Gasteiger charge is 2.26. The first-order chi connectivity index (χ1) is 9.11. The van der Waals surface area contributed by atoms with E-state index < -0.39 is 0 Å². The van der Waals surface area contributed by atoms with E-state index in [-0.39, 0.29) is 6.04 Å². The van der Waals surface area contributed by atoms with Crippen molar-refractivity contribution in [1.82, 2.24) is 14.7 Å². The monoisotopic (exact) mass is 263 g/mol. The number of hydrogen-bond donors (Lipinski definition) is 0. The molecule has 0 spiro atoms. The lowest BCUT2D eigenvalue weighted by molar-refractivity contribution is -0.123. The average Bonchev–Trinajstić information content (AvgIpc) is 2.86. The third-order valence-corrected chi connectivity index (χ3v) is 4.15. The van der Waals surface area contributed by atoms with Gasteiger partial charge in [-0.25, -0.2) is 0 Å². The van der Waals surface area contributed by atoms with Gasteiger partial charge in [-0.1, -0.05) is 13.3 Å². The number of nitrogens with zero attached hydrogens (tertiary/aromatic N) is 3. The van der Waals surface area contributed by atoms with Crippen molar-refractivity contribution in [3.8, 4) is 0 Å². The predicted octanol–water partition coefficient (Wildman–Crippen LogP) is 2.80. The Hall–Kier alpha value is -1.16. The molecule has 0 aliphatic carbocycles. The van der Waals surface area contributed by atoms with Gasteiger partial charge >= 0.3 is 0 Å². The largest absolute Gasteiger partial charge is 0.298 e. The third kappa shape index (κ3) is 3.44. The molecule has 1 fully saturated rings. The molecule has 2 unspecified atom stereocenters. The summed E-state index contributed by atoms with van der Waals surface area (Å²) < 4.78 is 2.03. The molecule has 4 nitrogen and oxygen atoms in total. The number of Topliss-reactive ketones (excluding diaryl/α,β-unsaturated/α-hetero) is 1. The van der Waals surface area contributed by atoms with Gasteiger partial charge < -0.3 is 0 Å². The number of piperidine rings is 1. The molecule has 0 bridgehead atoms. The summed E-state index contributed by atoms with van der Waals surface area (Å²) in [4.78, 5) is 14.0. The molecule has 1 aliphatic rings. The SMILES string of the molecule is CCC(C)n1ccc(CN2CCCCC2C(C)=O)n1. The first-order valence-corrected chi connectivity index (χ1v) is 7.40. The molecule has 1 aliphatic heterocycles. The van der Waals surface area contributed by atoms with Crippen LogP contribution in [-0.2, 0) is 11.3 Å². The predicted molar refractivity (Wildman–Crippen MR) is 76.0 cm³/mol. The molecule has 0 N–H and O–H groups in total. The van der Waals surface area contributed by atoms with Gasteiger partial charge in [-0.15, -0.1) is 0 Å². The Balaban J connectivity index is 2.02. The highest BCUT2D eigenvalue weighted by Crippen LogP contribution is 2.20. The van der Waals surface area contributed by atoms with Crippen LogP contribution < -0.4 is 0 Å². The van der Waals surface area contributed by atoms with Crippen LogP contribution in [0.4, 0.5) is 0 Å². The van der Waals surface area contributed by atoms with Crippen molar-refractivity contribution >= 4 is 5.78 Å². The summed E-state index contributed by atoms with van der Waals surface area (Å²) in [6.45, 7) is 7.87. The van der Waals surface area contributed by atoms with Gasteiger partial charge in [-0.3, -0.25) is 14.4 Å². The summed E-state index contributed by atoms with van der Waals surface area (Å²) in [5, 5.41) is 4.63. The highest BCUT2D eigenvalue weighted by molar-refractivity contribution is 5.81. The van der Waals surface area contributed by atoms with E-state index in [0.29, 0.717) is 11.8 Å². The molecular weight excluding hydrogens is 238 g/mol. The van der Waals surface area contributed by atoms with Gasteiger partial charge in [-0.05, 0) is 45.7 Å². The summed E-state index contributed by atoms with van der Waals surface area (Å²) in [6, 6.07) is 2.62. The number of ketones is 1. The van der Waals surface area contributed by atoms with E-state index in [4.69, 9.17) is 0 Å². The number of likely N-dealkylation sites (tertiary alicyclic amines) is 1. The van der Waals surface area contributed by atoms with Crippen LogP contribution in [0.25, 0.3) is 0 Å². The van der Waals surface area contributed by atoms with E-state index >= 15 is 0 Å². The molecule has 0 amide bonds. The summed E-state index contributed by atoms with van der Waals surface area (Å²) in [7, 11) is 0. The molecule has 2 heterocycles. The van der Waals surface area contributed by atoms with E-state index in [0.717, 1.165) is 31.6 Å². The fourth-order valence-electron chi connectivity index (χ4n) is 2.74. The van der Waals surface area contributed by atoms with Crippen molar-refractivity contribution < 1.29 is 4.79 Å². The molecule has 106 valence electrons. The molecule has 1 aromatic rings. The first-order valence-electron chi connectivity index (χ1n) is 7.40. The smallest absolute Gasteiger partial charge is 0.146 e. The third-order valence-electron chi connectivity index (χ3n) is 4.15. The summed E-state index contributed by atoms with van der Waals surface area (Å²) in [5.74, 6) is 0.293. The average molecular weight is 263 g/mol. The maximum Gasteiger partial charge on any atom is 0.146 e. The second-order valence-electron chi connectivity index (χ2n) is 5.64. The Labute approximate surface area is 115 Å². The zero-order valence-corrected chi connectivity index (χ0v) is 12.3. The minimum Gasteiger partial charge on any atom is -0.298 e. The molecule has 1 saturated heterocycles. The van der Waals surface area contributed by atoms with E-state index in [2.05, 4.69) is 36.1 Å². The molecule has 0 saturated carbocycles. The second kappa shape index (κ2) is 6.33. The van der Waals surface area contributed by atoms with Gasteiger partial charge in [0.1, 0.15) is 5.78 Å². The van der Waals surface area contributed by atoms with Crippen molar-refractivity contribution in [1.29, 1.82) is 0 Å². The maximum atomic E-state index is 11.7. The van der Waals surface area contributed by atoms with Crippen LogP contribution in [0, 0.1) is 0 Å². The Morgan fingerprint density at radius 1 is 1.53 bits per heavy atom. The van der Waals surface area contributed by atoms with Crippen LogP contribution in [0.3, 0.4) is 0 Å². The standard InChI is InChI=1S/C15H25N3O/c1-4-12(2)18-10-8-14(16-18)11-17-9-6-5-7-15(17)13(3)19/h8,10,12,15H,4-7,9,11H2,1-3H3. The van der Waals surface area contributed by atoms with Crippen molar-refractivity contribution in [3.63, 3.8) is 0 Å². The van der Waals surface area contributed by atoms with Gasteiger partial charge in [0.2, 0.25) is 0 Å². The maximum absolute atomic E-state index is 11.7. The minimum absolute atomic E-state index is 0.0995. The molecule has 0 aromatic carbocycles. The van der Waals surface area contributed by atoms with Crippen molar-refractivity contribution in [2.75, 3.05) is 6.54 Å². The molecule has 2 rings (SSSR count). The van der Waals surface area contributed by atoms with E-state index in [1.807, 2.05) is 4.68 Å². The summed E-state index contributed by atoms with van der Waals surface area (Å²) in [6.07, 6.45) is 6.50. The van der Waals surface area contributed by atoms with Crippen LogP contribution >= 0.6 is 0 Å². The van der Waals surface area contributed by atoms with Crippen LogP contribution in [-0.4, -0.2) is 33.1 Å². The van der Waals surface area contributed by atoms with Crippen molar-refractivity contribution in [2.45, 2.75) is 65.1 Å². The van der Waals surface area contributed by atoms with E-state index in [9.17, 15) is 4.79 Å². The Bertz CT molecular complexity index is 427. The lowest BCUT2D eigenvalue weighted by Gasteiger charge is -2.33. The lowest BCUT2D eigenvalue weighted by atomic mass is 9.99. The van der Waals surface area contributed by atoms with Gasteiger partial charge in [0.15, 0.2) is 0 Å². The van der Waals surface area contributed by atoms with Gasteiger partial charge in [0, 0.05) is 18.8 Å². The van der Waals surface area contributed by atoms with E-state index in [1.54, 1.807) is 6.92 Å². The number of hydrogen-bond acceptors (Lipinski definition) is 3. The lowest BCUT2D eigenvalue weighted by Crippen LogP contribution is -2.43. The van der Waals surface area contributed by atoms with Crippen molar-refractivity contribution in [3.05, 3.63) is 18.0 Å². The molecule has 4 heteroatoms. The molecule has 0 radical (unpaired) electrons. The Kier molecular flexibility index (Phi) is 4.75. The topological polar surface area (TPSA) is 38.1 Å². The molecule has 1 aromatic heterocycles. The summed E-state index contributed by atoms with van der Waals surface area (Å²) >= 11 is 0. The van der Waals surface area contributed by atoms with E-state index in [1.165, 1.54) is 12.8 Å². The van der Waals surface area contributed by atoms with Crippen LogP contribution in [0.2, 0.25) is 0 Å². The molecule has 19 heavy (non-hydrogen) atoms. The fourth-order valence-corrected chi connectivity index (χ4v) is 2.74. The number of rotatable bonds is 5. The number of aromatic nitrogens is 2. The Morgan fingerprint density at radius 3 is 3.00 bits per heavy atom. The zero-order valence-electron chi connectivity index (χ0n) is 12.3. The summed E-state index contributed by atoms with van der Waals surface area (Å²) in [5.41, 5.74) is 1.08. The molecule has 2 atom stereocenters. The van der Waals surface area contributed by atoms with Gasteiger partial charge in [-0.2, -0.15) is 5.10 Å². The highest BCUT2D eigenvalue weighted by atomic mass is 16.1. The Morgan fingerprint density at radius 2 is 2.32 bits per heavy atom. The first kappa shape index (κ1) is 14.3. The normalized spacial score (nSPS) is 22.4.